The van der Waals surface area contributed by atoms with E-state index in [4.69, 9.17) is 0 Å². The molecule has 2 atom stereocenters. The first-order valence-corrected chi connectivity index (χ1v) is 11.1. The number of benzene rings is 1. The number of anilines is 1. The first-order chi connectivity index (χ1) is 14.0. The highest BCUT2D eigenvalue weighted by molar-refractivity contribution is 8.00. The minimum absolute atomic E-state index is 0.0545. The Hall–Kier alpha value is -2.34. The van der Waals surface area contributed by atoms with Gasteiger partial charge in [-0.3, -0.25) is 9.59 Å². The maximum absolute atomic E-state index is 13.3. The van der Waals surface area contributed by atoms with Gasteiger partial charge in [-0.05, 0) is 49.4 Å². The molecule has 1 fully saturated rings. The monoisotopic (exact) mass is 411 g/mol. The van der Waals surface area contributed by atoms with Crippen molar-refractivity contribution in [3.05, 3.63) is 54.2 Å². The largest absolute Gasteiger partial charge is 0.341 e. The van der Waals surface area contributed by atoms with Crippen LogP contribution in [0.4, 0.5) is 5.82 Å². The van der Waals surface area contributed by atoms with Crippen LogP contribution in [-0.2, 0) is 9.59 Å². The molecular weight excluding hydrogens is 382 g/mol. The van der Waals surface area contributed by atoms with Crippen molar-refractivity contribution in [3.8, 4) is 0 Å². The molecule has 0 radical (unpaired) electrons. The normalized spacial score (nSPS) is 17.8. The van der Waals surface area contributed by atoms with Crippen molar-refractivity contribution in [1.29, 1.82) is 0 Å². The summed E-state index contributed by atoms with van der Waals surface area (Å²) < 4.78 is 0. The van der Waals surface area contributed by atoms with Crippen molar-refractivity contribution in [2.24, 2.45) is 11.8 Å². The molecule has 1 saturated heterocycles. The van der Waals surface area contributed by atoms with Gasteiger partial charge < -0.3 is 10.2 Å². The van der Waals surface area contributed by atoms with Crippen LogP contribution in [0.3, 0.4) is 0 Å². The second-order valence-electron chi connectivity index (χ2n) is 7.88. The zero-order chi connectivity index (χ0) is 20.8. The Kier molecular flexibility index (Phi) is 7.31. The van der Waals surface area contributed by atoms with E-state index in [0.29, 0.717) is 18.9 Å². The van der Waals surface area contributed by atoms with Crippen LogP contribution in [0, 0.1) is 18.8 Å². The Morgan fingerprint density at radius 3 is 2.62 bits per heavy atom. The summed E-state index contributed by atoms with van der Waals surface area (Å²) in [4.78, 5) is 33.3. The van der Waals surface area contributed by atoms with Crippen LogP contribution >= 0.6 is 11.8 Å². The number of nitrogens with one attached hydrogen (secondary N) is 1. The number of hydrogen-bond donors (Lipinski definition) is 1. The molecule has 2 amide bonds. The molecule has 0 bridgehead atoms. The fraction of sp³-hybridized carbons (Fsp3) is 0.435. The quantitative estimate of drug-likeness (QED) is 0.717. The first-order valence-electron chi connectivity index (χ1n) is 10.2. The van der Waals surface area contributed by atoms with Gasteiger partial charge in [0, 0.05) is 24.2 Å². The highest BCUT2D eigenvalue weighted by atomic mass is 32.2. The van der Waals surface area contributed by atoms with Crippen LogP contribution in [0.15, 0.2) is 53.6 Å². The number of carbonyl (C=O) groups is 2. The van der Waals surface area contributed by atoms with Crippen molar-refractivity contribution in [3.63, 3.8) is 0 Å². The lowest BCUT2D eigenvalue weighted by atomic mass is 9.96. The molecule has 154 valence electrons. The highest BCUT2D eigenvalue weighted by Crippen LogP contribution is 2.31. The summed E-state index contributed by atoms with van der Waals surface area (Å²) in [5.41, 5.74) is 0.934. The third-order valence-electron chi connectivity index (χ3n) is 5.21. The van der Waals surface area contributed by atoms with E-state index >= 15 is 0 Å². The van der Waals surface area contributed by atoms with E-state index in [-0.39, 0.29) is 28.9 Å². The number of nitrogens with zero attached hydrogens (tertiary/aromatic N) is 2. The number of amides is 2. The topological polar surface area (TPSA) is 62.3 Å². The van der Waals surface area contributed by atoms with Gasteiger partial charge in [-0.2, -0.15) is 0 Å². The summed E-state index contributed by atoms with van der Waals surface area (Å²) in [6.45, 7) is 7.26. The predicted octanol–water partition coefficient (Wildman–Crippen LogP) is 4.38. The average Bonchev–Trinajstić information content (AvgIpc) is 2.74. The van der Waals surface area contributed by atoms with Gasteiger partial charge in [0.05, 0.1) is 11.2 Å². The van der Waals surface area contributed by atoms with Crippen molar-refractivity contribution >= 4 is 29.4 Å². The molecule has 1 aliphatic rings. The maximum Gasteiger partial charge on any atom is 0.236 e. The van der Waals surface area contributed by atoms with Gasteiger partial charge in [0.15, 0.2) is 0 Å². The molecule has 0 spiro atoms. The fourth-order valence-electron chi connectivity index (χ4n) is 3.52. The van der Waals surface area contributed by atoms with Gasteiger partial charge in [0.25, 0.3) is 0 Å². The second kappa shape index (κ2) is 9.92. The minimum Gasteiger partial charge on any atom is -0.341 e. The van der Waals surface area contributed by atoms with E-state index in [2.05, 4.69) is 24.1 Å². The number of thioether (sulfide) groups is 1. The molecule has 1 aliphatic heterocycles. The molecule has 2 aromatic rings. The second-order valence-corrected chi connectivity index (χ2v) is 9.09. The van der Waals surface area contributed by atoms with Crippen LogP contribution in [0.1, 0.15) is 32.3 Å². The van der Waals surface area contributed by atoms with Crippen LogP contribution in [0.5, 0.6) is 0 Å². The first kappa shape index (κ1) is 21.4. The maximum atomic E-state index is 13.3. The van der Waals surface area contributed by atoms with Gasteiger partial charge in [-0.1, -0.05) is 38.1 Å². The number of aryl methyl sites for hydroxylation is 1. The summed E-state index contributed by atoms with van der Waals surface area (Å²) in [7, 11) is 0. The van der Waals surface area contributed by atoms with Crippen LogP contribution in [0.2, 0.25) is 0 Å². The summed E-state index contributed by atoms with van der Waals surface area (Å²) in [5, 5.41) is 2.78. The Bertz CT molecular complexity index is 841. The molecule has 1 aromatic heterocycles. The number of pyridine rings is 1. The van der Waals surface area contributed by atoms with Crippen LogP contribution in [-0.4, -0.2) is 40.0 Å². The van der Waals surface area contributed by atoms with Gasteiger partial charge in [0.2, 0.25) is 11.8 Å². The summed E-state index contributed by atoms with van der Waals surface area (Å²) in [5.74, 6) is 0.670. The lowest BCUT2D eigenvalue weighted by Gasteiger charge is -2.35. The molecule has 0 aliphatic carbocycles. The van der Waals surface area contributed by atoms with Gasteiger partial charge in [0.1, 0.15) is 5.82 Å². The van der Waals surface area contributed by atoms with E-state index in [1.54, 1.807) is 18.0 Å². The Morgan fingerprint density at radius 1 is 1.17 bits per heavy atom. The molecule has 1 N–H and O–H groups in total. The molecule has 2 heterocycles. The SMILES string of the molecule is Cc1cccnc1NC(=O)[C@H]1CCCN(C(=O)[C@@H](Sc2ccccc2)C(C)C)C1. The average molecular weight is 412 g/mol. The van der Waals surface area contributed by atoms with E-state index < -0.39 is 0 Å². The van der Waals surface area contributed by atoms with E-state index in [0.717, 1.165) is 23.3 Å². The number of rotatable bonds is 6. The van der Waals surface area contributed by atoms with Gasteiger partial charge in [-0.15, -0.1) is 11.8 Å². The van der Waals surface area contributed by atoms with Gasteiger partial charge in [-0.25, -0.2) is 4.98 Å². The standard InChI is InChI=1S/C23H29N3O2S/c1-16(2)20(29-19-11-5-4-6-12-19)23(28)26-14-8-10-18(15-26)22(27)25-21-17(3)9-7-13-24-21/h4-7,9,11-13,16,18,20H,8,10,14-15H2,1-3H3,(H,24,25,27)/t18-,20-/m0/s1. The lowest BCUT2D eigenvalue weighted by Crippen LogP contribution is -2.47. The number of piperidine rings is 1. The number of hydrogen-bond acceptors (Lipinski definition) is 4. The number of likely N-dealkylation sites (tertiary alicyclic amines) is 1. The molecule has 3 rings (SSSR count). The van der Waals surface area contributed by atoms with E-state index in [1.165, 1.54) is 0 Å². The zero-order valence-corrected chi connectivity index (χ0v) is 18.1. The van der Waals surface area contributed by atoms with Crippen LogP contribution in [0.25, 0.3) is 0 Å². The summed E-state index contributed by atoms with van der Waals surface area (Å²) >= 11 is 1.61. The molecule has 1 aromatic carbocycles. The van der Waals surface area contributed by atoms with Crippen molar-refractivity contribution < 1.29 is 9.59 Å². The van der Waals surface area contributed by atoms with Crippen molar-refractivity contribution in [2.75, 3.05) is 18.4 Å². The lowest BCUT2D eigenvalue weighted by molar-refractivity contribution is -0.134. The zero-order valence-electron chi connectivity index (χ0n) is 17.3. The predicted molar refractivity (Wildman–Crippen MR) is 118 cm³/mol. The van der Waals surface area contributed by atoms with Crippen LogP contribution < -0.4 is 5.32 Å². The Labute approximate surface area is 177 Å². The molecule has 5 nitrogen and oxygen atoms in total. The number of carbonyl (C=O) groups excluding carboxylic acids is 2. The third-order valence-corrected chi connectivity index (χ3v) is 6.75. The fourth-order valence-corrected chi connectivity index (χ4v) is 4.65. The minimum atomic E-state index is -0.205. The van der Waals surface area contributed by atoms with Crippen molar-refractivity contribution in [2.45, 2.75) is 43.8 Å². The molecule has 0 saturated carbocycles. The van der Waals surface area contributed by atoms with Gasteiger partial charge >= 0.3 is 0 Å². The smallest absolute Gasteiger partial charge is 0.236 e. The summed E-state index contributed by atoms with van der Waals surface area (Å²) in [6, 6.07) is 13.8. The number of aromatic nitrogens is 1. The molecular formula is C23H29N3O2S. The Morgan fingerprint density at radius 2 is 1.93 bits per heavy atom. The Balaban J connectivity index is 1.66. The van der Waals surface area contributed by atoms with E-state index in [9.17, 15) is 9.59 Å². The third kappa shape index (κ3) is 5.60. The highest BCUT2D eigenvalue weighted by Gasteiger charge is 2.33. The van der Waals surface area contributed by atoms with E-state index in [1.807, 2.05) is 54.3 Å². The van der Waals surface area contributed by atoms with Crippen molar-refractivity contribution in [1.82, 2.24) is 9.88 Å². The molecule has 29 heavy (non-hydrogen) atoms. The molecule has 0 unspecified atom stereocenters. The summed E-state index contributed by atoms with van der Waals surface area (Å²) in [6.07, 6.45) is 3.30. The molecule has 6 heteroatoms.